The van der Waals surface area contributed by atoms with Crippen molar-refractivity contribution in [3.05, 3.63) is 104 Å². The smallest absolute Gasteiger partial charge is 0.256 e. The van der Waals surface area contributed by atoms with E-state index in [1.54, 1.807) is 60.7 Å². The molecule has 8 nitrogen and oxygen atoms in total. The van der Waals surface area contributed by atoms with Gasteiger partial charge in [-0.15, -0.1) is 0 Å². The summed E-state index contributed by atoms with van der Waals surface area (Å²) in [6, 6.07) is 19.4. The Morgan fingerprint density at radius 3 is 2.27 bits per heavy atom. The van der Waals surface area contributed by atoms with E-state index in [9.17, 15) is 19.5 Å². The van der Waals surface area contributed by atoms with Crippen molar-refractivity contribution in [2.75, 3.05) is 18.7 Å². The highest BCUT2D eigenvalue weighted by molar-refractivity contribution is 5.95. The van der Waals surface area contributed by atoms with E-state index in [1.165, 1.54) is 17.0 Å². The number of ether oxygens (including phenoxy) is 1. The van der Waals surface area contributed by atoms with Crippen LogP contribution in [-0.4, -0.2) is 29.2 Å². The lowest BCUT2D eigenvalue weighted by Crippen LogP contribution is -2.34. The van der Waals surface area contributed by atoms with Crippen LogP contribution < -0.4 is 26.4 Å². The van der Waals surface area contributed by atoms with Crippen LogP contribution in [0.1, 0.15) is 17.3 Å². The molecule has 0 unspecified atom stereocenters. The SMILES string of the molecule is CCN(COc1ccc(O)cc1)C(=O)c1cccc(NN=c2c(=O)c3ccccc3c2=O)c1. The van der Waals surface area contributed by atoms with Crippen molar-refractivity contribution >= 4 is 22.4 Å². The summed E-state index contributed by atoms with van der Waals surface area (Å²) >= 11 is 0. The van der Waals surface area contributed by atoms with Gasteiger partial charge in [0.25, 0.3) is 5.91 Å². The Labute approximate surface area is 188 Å². The van der Waals surface area contributed by atoms with Gasteiger partial charge in [0.05, 0.1) is 5.69 Å². The van der Waals surface area contributed by atoms with Crippen molar-refractivity contribution in [1.29, 1.82) is 0 Å². The number of fused-ring (bicyclic) bond motifs is 1. The fourth-order valence-electron chi connectivity index (χ4n) is 3.35. The van der Waals surface area contributed by atoms with Crippen molar-refractivity contribution in [2.24, 2.45) is 5.10 Å². The predicted molar refractivity (Wildman–Crippen MR) is 125 cm³/mol. The Balaban J connectivity index is 1.52. The monoisotopic (exact) mass is 443 g/mol. The summed E-state index contributed by atoms with van der Waals surface area (Å²) in [6.45, 7) is 2.28. The first-order valence-corrected chi connectivity index (χ1v) is 10.3. The van der Waals surface area contributed by atoms with Crippen LogP contribution in [0, 0.1) is 0 Å². The third kappa shape index (κ3) is 4.59. The molecular weight excluding hydrogens is 422 g/mol. The summed E-state index contributed by atoms with van der Waals surface area (Å²) < 4.78 is 5.64. The number of phenolic OH excluding ortho intramolecular Hbond substituents is 1. The zero-order valence-electron chi connectivity index (χ0n) is 17.8. The average Bonchev–Trinajstić information content (AvgIpc) is 3.09. The Morgan fingerprint density at radius 2 is 1.64 bits per heavy atom. The van der Waals surface area contributed by atoms with Crippen LogP contribution in [0.25, 0.3) is 10.8 Å². The second kappa shape index (κ2) is 9.35. The molecule has 33 heavy (non-hydrogen) atoms. The molecule has 1 amide bonds. The number of aromatic hydroxyl groups is 1. The molecule has 0 radical (unpaired) electrons. The number of rotatable bonds is 7. The number of hydrogen-bond acceptors (Lipinski definition) is 7. The summed E-state index contributed by atoms with van der Waals surface area (Å²) in [5.41, 5.74) is 2.71. The molecule has 8 heteroatoms. The molecule has 0 aliphatic rings. The highest BCUT2D eigenvalue weighted by Gasteiger charge is 2.15. The second-order valence-corrected chi connectivity index (χ2v) is 7.29. The van der Waals surface area contributed by atoms with Gasteiger partial charge < -0.3 is 14.7 Å². The summed E-state index contributed by atoms with van der Waals surface area (Å²) in [4.78, 5) is 39.4. The Bertz CT molecular complexity index is 1400. The molecule has 0 aliphatic heterocycles. The lowest BCUT2D eigenvalue weighted by atomic mass is 10.2. The van der Waals surface area contributed by atoms with Gasteiger partial charge in [0.1, 0.15) is 11.5 Å². The zero-order chi connectivity index (χ0) is 23.4. The van der Waals surface area contributed by atoms with E-state index in [4.69, 9.17) is 4.74 Å². The zero-order valence-corrected chi connectivity index (χ0v) is 17.8. The van der Waals surface area contributed by atoms with Gasteiger partial charge in [-0.25, -0.2) is 0 Å². The molecule has 4 aromatic carbocycles. The Kier molecular flexibility index (Phi) is 6.17. The molecule has 0 saturated carbocycles. The van der Waals surface area contributed by atoms with Crippen LogP contribution in [0.15, 0.2) is 87.5 Å². The van der Waals surface area contributed by atoms with Crippen molar-refractivity contribution in [3.63, 3.8) is 0 Å². The van der Waals surface area contributed by atoms with Crippen LogP contribution in [0.3, 0.4) is 0 Å². The molecule has 0 saturated heterocycles. The van der Waals surface area contributed by atoms with Gasteiger partial charge in [0.15, 0.2) is 12.1 Å². The van der Waals surface area contributed by atoms with Crippen LogP contribution >= 0.6 is 0 Å². The van der Waals surface area contributed by atoms with Gasteiger partial charge in [0.2, 0.25) is 10.9 Å². The van der Waals surface area contributed by atoms with Gasteiger partial charge >= 0.3 is 0 Å². The van der Waals surface area contributed by atoms with E-state index in [0.717, 1.165) is 0 Å². The fraction of sp³-hybridized carbons (Fsp3) is 0.120. The first-order chi connectivity index (χ1) is 16.0. The maximum Gasteiger partial charge on any atom is 0.256 e. The van der Waals surface area contributed by atoms with Crippen molar-refractivity contribution in [3.8, 4) is 11.5 Å². The van der Waals surface area contributed by atoms with Gasteiger partial charge in [0, 0.05) is 22.9 Å². The number of carbonyl (C=O) groups is 1. The average molecular weight is 443 g/mol. The van der Waals surface area contributed by atoms with E-state index in [2.05, 4.69) is 10.5 Å². The van der Waals surface area contributed by atoms with E-state index in [0.29, 0.717) is 34.3 Å². The number of benzene rings is 3. The third-order valence-electron chi connectivity index (χ3n) is 5.15. The molecule has 4 rings (SSSR count). The first kappa shape index (κ1) is 21.8. The number of carbonyl (C=O) groups excluding carboxylic acids is 1. The predicted octanol–water partition coefficient (Wildman–Crippen LogP) is 2.57. The molecule has 0 aromatic heterocycles. The first-order valence-electron chi connectivity index (χ1n) is 10.3. The lowest BCUT2D eigenvalue weighted by Gasteiger charge is -2.21. The van der Waals surface area contributed by atoms with Gasteiger partial charge in [-0.05, 0) is 49.4 Å². The molecule has 0 aliphatic carbocycles. The minimum Gasteiger partial charge on any atom is -0.508 e. The number of nitrogens with zero attached hydrogens (tertiary/aromatic N) is 2. The summed E-state index contributed by atoms with van der Waals surface area (Å²) in [5.74, 6) is 0.397. The molecule has 4 aromatic rings. The minimum absolute atomic E-state index is 0.0291. The highest BCUT2D eigenvalue weighted by Crippen LogP contribution is 2.17. The maximum absolute atomic E-state index is 13.0. The number of anilines is 1. The molecule has 0 atom stereocenters. The minimum atomic E-state index is -0.432. The van der Waals surface area contributed by atoms with Crippen molar-refractivity contribution in [1.82, 2.24) is 4.90 Å². The number of phenols is 1. The van der Waals surface area contributed by atoms with Gasteiger partial charge in [-0.3, -0.25) is 19.8 Å². The maximum atomic E-state index is 13.0. The van der Waals surface area contributed by atoms with E-state index in [1.807, 2.05) is 6.92 Å². The molecular formula is C25H21N3O5. The van der Waals surface area contributed by atoms with Gasteiger partial charge in [-0.2, -0.15) is 5.10 Å². The molecule has 0 heterocycles. The largest absolute Gasteiger partial charge is 0.508 e. The standard InChI is InChI=1S/C25H21N3O5/c1-2-28(15-33-19-12-10-18(29)11-13-19)25(32)16-6-5-7-17(14-16)26-27-22-23(30)20-8-3-4-9-21(20)24(22)31/h3-14,26,29H,2,15H2,1H3. The Hall–Kier alpha value is -4.46. The lowest BCUT2D eigenvalue weighted by molar-refractivity contribution is 0.0613. The molecule has 0 fully saturated rings. The van der Waals surface area contributed by atoms with E-state index >= 15 is 0 Å². The van der Waals surface area contributed by atoms with Gasteiger partial charge in [-0.1, -0.05) is 30.3 Å². The van der Waals surface area contributed by atoms with Crippen LogP contribution in [0.4, 0.5) is 5.69 Å². The second-order valence-electron chi connectivity index (χ2n) is 7.29. The van der Waals surface area contributed by atoms with Crippen LogP contribution in [0.2, 0.25) is 0 Å². The summed E-state index contributed by atoms with van der Waals surface area (Å²) in [5, 5.41) is 13.9. The highest BCUT2D eigenvalue weighted by atomic mass is 16.5. The quantitative estimate of drug-likeness (QED) is 0.336. The third-order valence-corrected chi connectivity index (χ3v) is 5.15. The number of nitrogens with one attached hydrogen (secondary N) is 1. The van der Waals surface area contributed by atoms with Crippen molar-refractivity contribution in [2.45, 2.75) is 6.92 Å². The topological polar surface area (TPSA) is 108 Å². The van der Waals surface area contributed by atoms with E-state index < -0.39 is 10.9 Å². The summed E-state index contributed by atoms with van der Waals surface area (Å²) in [7, 11) is 0. The van der Waals surface area contributed by atoms with Crippen LogP contribution in [0.5, 0.6) is 11.5 Å². The molecule has 0 spiro atoms. The Morgan fingerprint density at radius 1 is 0.970 bits per heavy atom. The van der Waals surface area contributed by atoms with E-state index in [-0.39, 0.29) is 23.7 Å². The van der Waals surface area contributed by atoms with Crippen molar-refractivity contribution < 1.29 is 14.6 Å². The number of hydrogen-bond donors (Lipinski definition) is 2. The molecule has 2 N–H and O–H groups in total. The molecule has 166 valence electrons. The fourth-order valence-corrected chi connectivity index (χ4v) is 3.35. The van der Waals surface area contributed by atoms with Crippen LogP contribution in [-0.2, 0) is 0 Å². The number of amides is 1. The molecule has 0 bridgehead atoms. The normalized spacial score (nSPS) is 10.7. The summed E-state index contributed by atoms with van der Waals surface area (Å²) in [6.07, 6.45) is 0.